The van der Waals surface area contributed by atoms with E-state index in [2.05, 4.69) is 5.43 Å². The number of hydrazine groups is 1. The molecule has 1 saturated carbocycles. The number of carbonyl (C=O) groups is 5. The van der Waals surface area contributed by atoms with E-state index in [1.807, 2.05) is 79.7 Å². The monoisotopic (exact) mass is 751 g/mol. The number of phenolic OH excluding ortho intramolecular Hbond substituents is 1. The van der Waals surface area contributed by atoms with Crippen molar-refractivity contribution in [2.75, 3.05) is 24.5 Å². The number of nitrogens with one attached hydrogen (secondary N) is 1. The van der Waals surface area contributed by atoms with Crippen molar-refractivity contribution in [1.82, 2.24) is 5.01 Å². The van der Waals surface area contributed by atoms with E-state index in [0.29, 0.717) is 28.1 Å². The predicted molar refractivity (Wildman–Crippen MR) is 209 cm³/mol. The Bertz CT molecular complexity index is 2310. The van der Waals surface area contributed by atoms with Crippen LogP contribution in [0.1, 0.15) is 46.8 Å². The first-order valence-electron chi connectivity index (χ1n) is 18.6. The lowest BCUT2D eigenvalue weighted by atomic mass is 9.50. The van der Waals surface area contributed by atoms with Gasteiger partial charge in [0.05, 0.1) is 48.8 Å². The zero-order valence-corrected chi connectivity index (χ0v) is 31.4. The number of amides is 4. The highest BCUT2D eigenvalue weighted by Crippen LogP contribution is 2.61. The Morgan fingerprint density at radius 1 is 0.857 bits per heavy atom. The summed E-state index contributed by atoms with van der Waals surface area (Å²) in [6.07, 6.45) is 6.10. The number of nitrogens with zero attached hydrogens (tertiary/aromatic N) is 2. The van der Waals surface area contributed by atoms with Crippen molar-refractivity contribution >= 4 is 46.9 Å². The van der Waals surface area contributed by atoms with Gasteiger partial charge in [-0.05, 0) is 92.3 Å². The Kier molecular flexibility index (Phi) is 9.11. The molecular weight excluding hydrogens is 711 g/mol. The van der Waals surface area contributed by atoms with Gasteiger partial charge in [-0.2, -0.15) is 5.01 Å². The van der Waals surface area contributed by atoms with E-state index in [1.54, 1.807) is 36.4 Å². The van der Waals surface area contributed by atoms with Gasteiger partial charge in [-0.3, -0.25) is 34.3 Å². The Morgan fingerprint density at radius 2 is 1.52 bits per heavy atom. The van der Waals surface area contributed by atoms with Crippen LogP contribution in [-0.4, -0.2) is 53.7 Å². The van der Waals surface area contributed by atoms with Gasteiger partial charge in [-0.1, -0.05) is 71.8 Å². The molecule has 11 nitrogen and oxygen atoms in total. The molecule has 4 amide bonds. The lowest BCUT2D eigenvalue weighted by Crippen LogP contribution is -2.54. The predicted octanol–water partition coefficient (Wildman–Crippen LogP) is 6.66. The minimum absolute atomic E-state index is 0.132. The number of benzene rings is 4. The number of Topliss-reactive ketones (excluding diaryl/α,β-unsaturated/α-hetero) is 1. The summed E-state index contributed by atoms with van der Waals surface area (Å²) >= 11 is 0. The summed E-state index contributed by atoms with van der Waals surface area (Å²) in [4.78, 5) is 72.0. The molecule has 2 aliphatic heterocycles. The minimum atomic E-state index is -1.43. The second-order valence-electron chi connectivity index (χ2n) is 14.9. The van der Waals surface area contributed by atoms with Crippen LogP contribution in [0.5, 0.6) is 17.2 Å². The van der Waals surface area contributed by atoms with Gasteiger partial charge in [0.1, 0.15) is 0 Å². The third-order valence-corrected chi connectivity index (χ3v) is 12.0. The summed E-state index contributed by atoms with van der Waals surface area (Å²) in [5, 5.41) is 11.8. The lowest BCUT2D eigenvalue weighted by molar-refractivity contribution is -0.139. The zero-order chi connectivity index (χ0) is 39.5. The van der Waals surface area contributed by atoms with E-state index < -0.39 is 46.8 Å². The fourth-order valence-electron chi connectivity index (χ4n) is 9.31. The van der Waals surface area contributed by atoms with Crippen molar-refractivity contribution in [2.45, 2.75) is 32.1 Å². The Labute approximate surface area is 324 Å². The number of allylic oxidation sites excluding steroid dienone is 3. The number of ether oxygens (including phenoxy) is 2. The number of rotatable bonds is 9. The van der Waals surface area contributed by atoms with Gasteiger partial charge in [0, 0.05) is 11.5 Å². The number of carbonyl (C=O) groups excluding carboxylic acids is 5. The van der Waals surface area contributed by atoms with E-state index in [-0.39, 0.29) is 47.7 Å². The molecule has 0 aromatic heterocycles. The third-order valence-electron chi connectivity index (χ3n) is 12.0. The van der Waals surface area contributed by atoms with Crippen molar-refractivity contribution < 1.29 is 38.6 Å². The maximum Gasteiger partial charge on any atom is 0.260 e. The van der Waals surface area contributed by atoms with E-state index in [9.17, 15) is 24.3 Å². The van der Waals surface area contributed by atoms with Crippen LogP contribution in [0.25, 0.3) is 6.08 Å². The fourth-order valence-corrected chi connectivity index (χ4v) is 9.31. The number of aryl methyl sites for hydroxylation is 1. The molecule has 2 saturated heterocycles. The SMILES string of the molecule is COc1cc(C=CC2C3=CCC4C(=O)N(c5ccc(C(C)=O)cc5)C(=O)C4C3CC3C(=O)N(Nc4ccc(C)cc4)C(=O)C23c2ccccc2)cc(OC)c1O. The first-order chi connectivity index (χ1) is 27.0. The van der Waals surface area contributed by atoms with Gasteiger partial charge in [0.15, 0.2) is 17.3 Å². The molecule has 4 aromatic carbocycles. The number of anilines is 2. The van der Waals surface area contributed by atoms with Crippen LogP contribution in [-0.2, 0) is 24.6 Å². The number of fused-ring (bicyclic) bond motifs is 4. The quantitative estimate of drug-likeness (QED) is 0.109. The van der Waals surface area contributed by atoms with Crippen LogP contribution in [0.15, 0.2) is 109 Å². The molecule has 6 atom stereocenters. The summed E-state index contributed by atoms with van der Waals surface area (Å²) < 4.78 is 10.9. The summed E-state index contributed by atoms with van der Waals surface area (Å²) in [5.74, 6) is -5.15. The van der Waals surface area contributed by atoms with E-state index in [0.717, 1.165) is 16.1 Å². The molecule has 56 heavy (non-hydrogen) atoms. The lowest BCUT2D eigenvalue weighted by Gasteiger charge is -2.49. The molecule has 6 unspecified atom stereocenters. The van der Waals surface area contributed by atoms with Crippen LogP contribution < -0.4 is 19.8 Å². The van der Waals surface area contributed by atoms with Crippen molar-refractivity contribution in [3.8, 4) is 17.2 Å². The summed E-state index contributed by atoms with van der Waals surface area (Å²) in [7, 11) is 2.87. The number of hydrogen-bond acceptors (Lipinski definition) is 9. The molecule has 0 bridgehead atoms. The number of hydrogen-bond donors (Lipinski definition) is 2. The van der Waals surface area contributed by atoms with Crippen LogP contribution in [0, 0.1) is 36.5 Å². The molecular formula is C45H41N3O8. The van der Waals surface area contributed by atoms with Crippen LogP contribution in [0.4, 0.5) is 11.4 Å². The maximum atomic E-state index is 15.3. The number of imide groups is 2. The van der Waals surface area contributed by atoms with E-state index in [1.165, 1.54) is 26.0 Å². The van der Waals surface area contributed by atoms with Crippen LogP contribution in [0.3, 0.4) is 0 Å². The van der Waals surface area contributed by atoms with Crippen molar-refractivity contribution in [1.29, 1.82) is 0 Å². The van der Waals surface area contributed by atoms with Gasteiger partial charge in [-0.15, -0.1) is 0 Å². The second kappa shape index (κ2) is 14.0. The Morgan fingerprint density at radius 3 is 2.14 bits per heavy atom. The number of methoxy groups -OCH3 is 2. The standard InChI is InChI=1S/C45H41N3O8/c1-25-10-15-30(16-11-25)46-48-42(52)36-24-34-32(19-20-33-39(34)43(53)47(41(33)51)31-17-13-28(14-18-31)26(2)49)35(45(36,44(48)54)29-8-6-5-7-9-29)21-12-27-22-37(55-3)40(50)38(23-27)56-4/h5-19,21-23,33-36,39,46,50H,20,24H2,1-4H3. The van der Waals surface area contributed by atoms with Gasteiger partial charge in [0.2, 0.25) is 17.6 Å². The molecule has 284 valence electrons. The summed E-state index contributed by atoms with van der Waals surface area (Å²) in [6.45, 7) is 3.40. The van der Waals surface area contributed by atoms with Gasteiger partial charge in [0.25, 0.3) is 11.8 Å². The van der Waals surface area contributed by atoms with E-state index >= 15 is 4.79 Å². The fraction of sp³-hybridized carbons (Fsp3) is 0.267. The smallest absolute Gasteiger partial charge is 0.260 e. The topological polar surface area (TPSA) is 143 Å². The first kappa shape index (κ1) is 36.5. The molecule has 3 fully saturated rings. The second-order valence-corrected chi connectivity index (χ2v) is 14.9. The third kappa shape index (κ3) is 5.60. The molecule has 11 heteroatoms. The van der Waals surface area contributed by atoms with Crippen molar-refractivity contribution in [3.63, 3.8) is 0 Å². The Balaban J connectivity index is 1.28. The highest BCUT2D eigenvalue weighted by atomic mass is 16.5. The largest absolute Gasteiger partial charge is 0.502 e. The molecule has 0 spiro atoms. The van der Waals surface area contributed by atoms with Gasteiger partial charge >= 0.3 is 0 Å². The molecule has 2 heterocycles. The van der Waals surface area contributed by atoms with Crippen LogP contribution in [0.2, 0.25) is 0 Å². The highest BCUT2D eigenvalue weighted by molar-refractivity contribution is 6.22. The van der Waals surface area contributed by atoms with Gasteiger partial charge < -0.3 is 14.6 Å². The summed E-state index contributed by atoms with van der Waals surface area (Å²) in [6, 6.07) is 26.4. The highest BCUT2D eigenvalue weighted by Gasteiger charge is 2.69. The van der Waals surface area contributed by atoms with Gasteiger partial charge in [-0.25, -0.2) is 0 Å². The van der Waals surface area contributed by atoms with Crippen molar-refractivity contribution in [3.05, 3.63) is 131 Å². The number of aromatic hydroxyl groups is 1. The average Bonchev–Trinajstić information content (AvgIpc) is 3.59. The Hall–Kier alpha value is -6.49. The molecule has 0 radical (unpaired) electrons. The zero-order valence-electron chi connectivity index (χ0n) is 31.4. The molecule has 8 rings (SSSR count). The molecule has 4 aliphatic rings. The molecule has 2 aliphatic carbocycles. The number of ketones is 1. The summed E-state index contributed by atoms with van der Waals surface area (Å²) in [5.41, 5.74) is 6.15. The average molecular weight is 752 g/mol. The normalized spacial score (nSPS) is 25.5. The van der Waals surface area contributed by atoms with Crippen LogP contribution >= 0.6 is 0 Å². The number of phenols is 1. The molecule has 2 N–H and O–H groups in total. The minimum Gasteiger partial charge on any atom is -0.502 e. The molecule has 4 aromatic rings. The maximum absolute atomic E-state index is 15.3. The van der Waals surface area contributed by atoms with Crippen molar-refractivity contribution in [2.24, 2.45) is 29.6 Å². The van der Waals surface area contributed by atoms with E-state index in [4.69, 9.17) is 9.47 Å². The first-order valence-corrected chi connectivity index (χ1v) is 18.6.